The van der Waals surface area contributed by atoms with Crippen LogP contribution in [0.15, 0.2) is 24.8 Å². The zero-order valence-corrected chi connectivity index (χ0v) is 9.28. The number of carbonyl (C=O) groups is 2. The van der Waals surface area contributed by atoms with Crippen molar-refractivity contribution < 1.29 is 19.1 Å². The van der Waals surface area contributed by atoms with E-state index in [2.05, 4.69) is 16.1 Å². The molecule has 0 fully saturated rings. The number of ether oxygens (including phenoxy) is 2. The van der Waals surface area contributed by atoms with Gasteiger partial charge in [-0.05, 0) is 13.3 Å². The second-order valence-electron chi connectivity index (χ2n) is 2.95. The summed E-state index contributed by atoms with van der Waals surface area (Å²) in [6, 6.07) is 0. The first-order valence-corrected chi connectivity index (χ1v) is 4.50. The molecule has 0 amide bonds. The van der Waals surface area contributed by atoms with Gasteiger partial charge in [0.1, 0.15) is 0 Å². The van der Waals surface area contributed by atoms with Crippen molar-refractivity contribution in [3.63, 3.8) is 0 Å². The van der Waals surface area contributed by atoms with Gasteiger partial charge in [-0.1, -0.05) is 18.2 Å². The van der Waals surface area contributed by atoms with Crippen LogP contribution in [0.3, 0.4) is 0 Å². The third kappa shape index (κ3) is 2.68. The average Bonchev–Trinajstić information content (AvgIpc) is 2.26. The molecule has 0 N–H and O–H groups in total. The Labute approximate surface area is 89.6 Å². The fourth-order valence-electron chi connectivity index (χ4n) is 1.33. The van der Waals surface area contributed by atoms with E-state index in [-0.39, 0.29) is 6.42 Å². The second-order valence-corrected chi connectivity index (χ2v) is 2.95. The van der Waals surface area contributed by atoms with E-state index in [1.165, 1.54) is 26.4 Å². The summed E-state index contributed by atoms with van der Waals surface area (Å²) in [4.78, 5) is 23.2. The van der Waals surface area contributed by atoms with Gasteiger partial charge < -0.3 is 9.47 Å². The van der Waals surface area contributed by atoms with Gasteiger partial charge in [0.15, 0.2) is 5.41 Å². The van der Waals surface area contributed by atoms with Crippen LogP contribution >= 0.6 is 0 Å². The molecule has 0 aromatic carbocycles. The van der Waals surface area contributed by atoms with Crippen molar-refractivity contribution >= 4 is 11.9 Å². The lowest BCUT2D eigenvalue weighted by atomic mass is 9.84. The topological polar surface area (TPSA) is 52.6 Å². The van der Waals surface area contributed by atoms with E-state index in [9.17, 15) is 9.59 Å². The largest absolute Gasteiger partial charge is 0.468 e. The van der Waals surface area contributed by atoms with Crippen molar-refractivity contribution in [3.05, 3.63) is 24.8 Å². The fourth-order valence-corrected chi connectivity index (χ4v) is 1.33. The van der Waals surface area contributed by atoms with Gasteiger partial charge in [0, 0.05) is 0 Å². The Balaban J connectivity index is 5.33. The first kappa shape index (κ1) is 13.4. The molecule has 0 bridgehead atoms. The molecular weight excluding hydrogens is 196 g/mol. The number of esters is 2. The highest BCUT2D eigenvalue weighted by Gasteiger charge is 2.44. The van der Waals surface area contributed by atoms with Crippen molar-refractivity contribution in [2.75, 3.05) is 14.2 Å². The van der Waals surface area contributed by atoms with E-state index in [4.69, 9.17) is 0 Å². The van der Waals surface area contributed by atoms with Gasteiger partial charge in [0.25, 0.3) is 0 Å². The van der Waals surface area contributed by atoms with Crippen molar-refractivity contribution in [1.29, 1.82) is 0 Å². The Kier molecular flexibility index (Phi) is 5.37. The molecule has 0 aliphatic heterocycles. The van der Waals surface area contributed by atoms with Crippen LogP contribution < -0.4 is 0 Å². The summed E-state index contributed by atoms with van der Waals surface area (Å²) < 4.78 is 9.21. The molecule has 0 aromatic rings. The smallest absolute Gasteiger partial charge is 0.327 e. The molecule has 15 heavy (non-hydrogen) atoms. The molecule has 0 rings (SSSR count). The molecular formula is C11H16O4. The van der Waals surface area contributed by atoms with Crippen LogP contribution in [-0.4, -0.2) is 26.2 Å². The third-order valence-corrected chi connectivity index (χ3v) is 2.02. The van der Waals surface area contributed by atoms with Crippen LogP contribution in [-0.2, 0) is 19.1 Å². The predicted molar refractivity (Wildman–Crippen MR) is 56.1 cm³/mol. The minimum Gasteiger partial charge on any atom is -0.468 e. The van der Waals surface area contributed by atoms with Gasteiger partial charge in [0.05, 0.1) is 14.2 Å². The monoisotopic (exact) mass is 212 g/mol. The molecule has 0 atom stereocenters. The van der Waals surface area contributed by atoms with E-state index in [1.807, 2.05) is 0 Å². The molecule has 0 radical (unpaired) electrons. The Hall–Kier alpha value is -1.58. The zero-order chi connectivity index (χ0) is 11.9. The highest BCUT2D eigenvalue weighted by Crippen LogP contribution is 2.28. The van der Waals surface area contributed by atoms with Gasteiger partial charge >= 0.3 is 11.9 Å². The highest BCUT2D eigenvalue weighted by atomic mass is 16.5. The summed E-state index contributed by atoms with van der Waals surface area (Å²) in [6.07, 6.45) is 4.70. The molecule has 84 valence electrons. The highest BCUT2D eigenvalue weighted by molar-refractivity contribution is 6.02. The van der Waals surface area contributed by atoms with Crippen LogP contribution in [0.4, 0.5) is 0 Å². The van der Waals surface area contributed by atoms with Gasteiger partial charge in [-0.25, -0.2) is 0 Å². The Morgan fingerprint density at radius 1 is 1.27 bits per heavy atom. The van der Waals surface area contributed by atoms with E-state index in [1.54, 1.807) is 13.0 Å². The van der Waals surface area contributed by atoms with E-state index >= 15 is 0 Å². The molecule has 0 aliphatic carbocycles. The van der Waals surface area contributed by atoms with E-state index in [0.717, 1.165) is 0 Å². The second kappa shape index (κ2) is 6.01. The summed E-state index contributed by atoms with van der Waals surface area (Å²) in [7, 11) is 2.46. The summed E-state index contributed by atoms with van der Waals surface area (Å²) in [5, 5.41) is 0. The van der Waals surface area contributed by atoms with Crippen LogP contribution in [0.1, 0.15) is 13.3 Å². The lowest BCUT2D eigenvalue weighted by Crippen LogP contribution is -2.39. The minimum absolute atomic E-state index is 0.149. The molecule has 0 saturated carbocycles. The lowest BCUT2D eigenvalue weighted by molar-refractivity contribution is -0.164. The predicted octanol–water partition coefficient (Wildman–Crippen LogP) is 1.47. The molecule has 0 aliphatic rings. The average molecular weight is 212 g/mol. The summed E-state index contributed by atoms with van der Waals surface area (Å²) in [6.45, 7) is 5.22. The first-order chi connectivity index (χ1) is 7.08. The molecule has 0 aromatic heterocycles. The van der Waals surface area contributed by atoms with Crippen LogP contribution in [0.5, 0.6) is 0 Å². The summed E-state index contributed by atoms with van der Waals surface area (Å²) >= 11 is 0. The number of hydrogen-bond donors (Lipinski definition) is 0. The standard InChI is InChI=1S/C11H16O4/c1-5-7-11(8-6-2,9(12)14-3)10(13)15-4/h5-6,8H,1,7H2,2-4H3/b8-6+. The molecule has 0 spiro atoms. The SMILES string of the molecule is C=CCC(/C=C/C)(C(=O)OC)C(=O)OC. The maximum Gasteiger partial charge on any atom is 0.327 e. The Morgan fingerprint density at radius 3 is 2.00 bits per heavy atom. The Morgan fingerprint density at radius 2 is 1.73 bits per heavy atom. The number of carbonyl (C=O) groups excluding carboxylic acids is 2. The first-order valence-electron chi connectivity index (χ1n) is 4.50. The Bertz CT molecular complexity index is 262. The summed E-state index contributed by atoms with van der Waals surface area (Å²) in [5.41, 5.74) is -1.40. The molecule has 4 heteroatoms. The number of hydrogen-bond acceptors (Lipinski definition) is 4. The van der Waals surface area contributed by atoms with E-state index < -0.39 is 17.4 Å². The van der Waals surface area contributed by atoms with Crippen molar-refractivity contribution in [1.82, 2.24) is 0 Å². The van der Waals surface area contributed by atoms with E-state index in [0.29, 0.717) is 0 Å². The van der Waals surface area contributed by atoms with Crippen molar-refractivity contribution in [3.8, 4) is 0 Å². The fraction of sp³-hybridized carbons (Fsp3) is 0.455. The molecule has 4 nitrogen and oxygen atoms in total. The third-order valence-electron chi connectivity index (χ3n) is 2.02. The van der Waals surface area contributed by atoms with Crippen molar-refractivity contribution in [2.45, 2.75) is 13.3 Å². The lowest BCUT2D eigenvalue weighted by Gasteiger charge is -2.23. The molecule has 0 saturated heterocycles. The summed E-state index contributed by atoms with van der Waals surface area (Å²) in [5.74, 6) is -1.29. The van der Waals surface area contributed by atoms with Crippen molar-refractivity contribution in [2.24, 2.45) is 5.41 Å². The minimum atomic E-state index is -1.40. The normalized spacial score (nSPS) is 11.1. The quantitative estimate of drug-likeness (QED) is 0.393. The maximum absolute atomic E-state index is 11.6. The van der Waals surface area contributed by atoms with Gasteiger partial charge in [0.2, 0.25) is 0 Å². The molecule has 0 unspecified atom stereocenters. The maximum atomic E-state index is 11.6. The van der Waals surface area contributed by atoms with Crippen LogP contribution in [0.25, 0.3) is 0 Å². The zero-order valence-electron chi connectivity index (χ0n) is 9.28. The van der Waals surface area contributed by atoms with Crippen LogP contribution in [0, 0.1) is 5.41 Å². The number of rotatable bonds is 5. The van der Waals surface area contributed by atoms with Gasteiger partial charge in [-0.2, -0.15) is 0 Å². The number of allylic oxidation sites excluding steroid dienone is 2. The van der Waals surface area contributed by atoms with Gasteiger partial charge in [-0.3, -0.25) is 9.59 Å². The number of methoxy groups -OCH3 is 2. The van der Waals surface area contributed by atoms with Crippen LogP contribution in [0.2, 0.25) is 0 Å². The molecule has 0 heterocycles. The van der Waals surface area contributed by atoms with Gasteiger partial charge in [-0.15, -0.1) is 6.58 Å².